The molecule has 1 unspecified atom stereocenters. The average Bonchev–Trinajstić information content (AvgIpc) is 3.23. The van der Waals surface area contributed by atoms with Crippen LogP contribution in [0, 0.1) is 23.6 Å². The highest BCUT2D eigenvalue weighted by Gasteiger charge is 2.36. The van der Waals surface area contributed by atoms with E-state index in [1.165, 1.54) is 69.8 Å². The van der Waals surface area contributed by atoms with Crippen molar-refractivity contribution in [2.24, 2.45) is 22.7 Å². The number of halogens is 1. The maximum atomic E-state index is 15.3. The van der Waals surface area contributed by atoms with Gasteiger partial charge in [-0.05, 0) is 98.9 Å². The molecule has 3 aliphatic rings. The first-order chi connectivity index (χ1) is 16.9. The van der Waals surface area contributed by atoms with Gasteiger partial charge in [0.15, 0.2) is 0 Å². The van der Waals surface area contributed by atoms with E-state index in [1.807, 2.05) is 36.4 Å². The van der Waals surface area contributed by atoms with Crippen molar-refractivity contribution in [2.45, 2.75) is 96.4 Å². The Morgan fingerprint density at radius 2 is 1.66 bits per heavy atom. The highest BCUT2D eigenvalue weighted by atomic mass is 19.1. The van der Waals surface area contributed by atoms with Crippen LogP contribution < -0.4 is 0 Å². The third-order valence-electron chi connectivity index (χ3n) is 8.81. The first-order valence-electron chi connectivity index (χ1n) is 14.0. The highest BCUT2D eigenvalue weighted by Crippen LogP contribution is 2.48. The fourth-order valence-corrected chi connectivity index (χ4v) is 6.78. The maximum Gasteiger partial charge on any atom is 0.216 e. The third kappa shape index (κ3) is 5.65. The van der Waals surface area contributed by atoms with Crippen LogP contribution in [0.15, 0.2) is 47.5 Å². The summed E-state index contributed by atoms with van der Waals surface area (Å²) in [6.45, 7) is 7.03. The zero-order chi connectivity index (χ0) is 24.4. The van der Waals surface area contributed by atoms with Crippen molar-refractivity contribution in [2.75, 3.05) is 6.61 Å². The summed E-state index contributed by atoms with van der Waals surface area (Å²) in [5.41, 5.74) is 3.55. The third-order valence-corrected chi connectivity index (χ3v) is 8.81. The molecule has 3 heteroatoms. The number of hydrogen-bond donors (Lipinski definition) is 0. The van der Waals surface area contributed by atoms with E-state index in [2.05, 4.69) is 31.8 Å². The monoisotopic (exact) mass is 475 g/mol. The minimum Gasteiger partial charge on any atom is -0.475 e. The average molecular weight is 476 g/mol. The Bertz CT molecular complexity index is 1040. The van der Waals surface area contributed by atoms with Crippen molar-refractivity contribution in [1.82, 2.24) is 0 Å². The van der Waals surface area contributed by atoms with Crippen molar-refractivity contribution in [1.29, 1.82) is 0 Å². The lowest BCUT2D eigenvalue weighted by molar-refractivity contribution is 0.113. The van der Waals surface area contributed by atoms with Crippen molar-refractivity contribution in [3.63, 3.8) is 0 Å². The van der Waals surface area contributed by atoms with E-state index in [9.17, 15) is 0 Å². The molecule has 1 aliphatic heterocycles. The molecule has 0 saturated heterocycles. The topological polar surface area (TPSA) is 21.6 Å². The molecule has 188 valence electrons. The van der Waals surface area contributed by atoms with Gasteiger partial charge in [0, 0.05) is 11.1 Å². The van der Waals surface area contributed by atoms with Crippen molar-refractivity contribution in [3.8, 4) is 11.1 Å². The summed E-state index contributed by atoms with van der Waals surface area (Å²) in [6, 6.07) is 13.9. The molecule has 2 aromatic rings. The number of unbranched alkanes of at least 4 members (excludes halogenated alkanes) is 2. The maximum absolute atomic E-state index is 15.3. The number of rotatable bonds is 7. The molecule has 1 heterocycles. The second kappa shape index (κ2) is 10.4. The molecule has 2 saturated carbocycles. The van der Waals surface area contributed by atoms with Gasteiger partial charge in [0.05, 0.1) is 5.54 Å². The summed E-state index contributed by atoms with van der Waals surface area (Å²) >= 11 is 0. The van der Waals surface area contributed by atoms with Crippen molar-refractivity contribution < 1.29 is 9.13 Å². The van der Waals surface area contributed by atoms with E-state index < -0.39 is 0 Å². The van der Waals surface area contributed by atoms with Gasteiger partial charge in [0.25, 0.3) is 0 Å². The minimum atomic E-state index is -0.178. The number of ether oxygens (including phenoxy) is 1. The summed E-state index contributed by atoms with van der Waals surface area (Å²) in [4.78, 5) is 4.64. The van der Waals surface area contributed by atoms with Gasteiger partial charge in [-0.25, -0.2) is 9.38 Å². The zero-order valence-corrected chi connectivity index (χ0v) is 21.9. The number of nitrogens with zero attached hydrogens (tertiary/aromatic N) is 1. The highest BCUT2D eigenvalue weighted by molar-refractivity contribution is 5.95. The standard InChI is InChI=1S/C32H42FNO/c1-4-5-6-7-22-8-9-26-19-27(15-14-25(26)18-22)28-16-17-29(30(33)20-28)23-10-12-24(13-11-23)31-34-32(2,3)21-35-31/h10-13,16-17,20,22,25-27H,4-9,14-15,18-19,21H2,1-3H3/t22?,25-,26-,27-/m1/s1. The van der Waals surface area contributed by atoms with Crippen LogP contribution in [0.5, 0.6) is 0 Å². The van der Waals surface area contributed by atoms with Gasteiger partial charge >= 0.3 is 0 Å². The first kappa shape index (κ1) is 24.5. The molecule has 2 nitrogen and oxygen atoms in total. The Morgan fingerprint density at radius 3 is 2.37 bits per heavy atom. The number of benzene rings is 2. The Kier molecular flexibility index (Phi) is 7.32. The molecule has 0 radical (unpaired) electrons. The van der Waals surface area contributed by atoms with E-state index in [-0.39, 0.29) is 11.4 Å². The van der Waals surface area contributed by atoms with Crippen LogP contribution >= 0.6 is 0 Å². The second-order valence-corrected chi connectivity index (χ2v) is 12.0. The van der Waals surface area contributed by atoms with Gasteiger partial charge in [-0.3, -0.25) is 0 Å². The molecule has 2 fully saturated rings. The van der Waals surface area contributed by atoms with Gasteiger partial charge in [-0.2, -0.15) is 0 Å². The zero-order valence-electron chi connectivity index (χ0n) is 21.9. The Balaban J connectivity index is 1.22. The van der Waals surface area contributed by atoms with Crippen molar-refractivity contribution >= 4 is 5.90 Å². The molecule has 4 atom stereocenters. The Morgan fingerprint density at radius 1 is 0.914 bits per heavy atom. The molecule has 2 aliphatic carbocycles. The first-order valence-corrected chi connectivity index (χ1v) is 14.0. The summed E-state index contributed by atoms with van der Waals surface area (Å²) in [7, 11) is 0. The van der Waals surface area contributed by atoms with E-state index in [0.29, 0.717) is 24.0 Å². The summed E-state index contributed by atoms with van der Waals surface area (Å²) < 4.78 is 21.0. The van der Waals surface area contributed by atoms with Gasteiger partial charge in [-0.1, -0.05) is 63.3 Å². The molecule has 0 N–H and O–H groups in total. The number of hydrogen-bond acceptors (Lipinski definition) is 2. The number of fused-ring (bicyclic) bond motifs is 1. The minimum absolute atomic E-state index is 0.104. The van der Waals surface area contributed by atoms with Gasteiger partial charge in [0.2, 0.25) is 5.90 Å². The summed E-state index contributed by atoms with van der Waals surface area (Å²) in [5, 5.41) is 0. The second-order valence-electron chi connectivity index (χ2n) is 12.0. The molecule has 2 aromatic carbocycles. The van der Waals surface area contributed by atoms with Crippen molar-refractivity contribution in [3.05, 3.63) is 59.4 Å². The predicted octanol–water partition coefficient (Wildman–Crippen LogP) is 8.93. The molecule has 5 rings (SSSR count). The molecule has 0 bridgehead atoms. The SMILES string of the molecule is CCCCCC1CC[C@@H]2C[C@H](c3ccc(-c4ccc(C5=NC(C)(C)CO5)cc4)c(F)c3)CC[C@@H]2C1. The van der Waals surface area contributed by atoms with E-state index in [4.69, 9.17) is 4.74 Å². The van der Waals surface area contributed by atoms with Crippen LogP contribution in [0.4, 0.5) is 4.39 Å². The number of aliphatic imine (C=N–C) groups is 1. The fraction of sp³-hybridized carbons (Fsp3) is 0.594. The molecular weight excluding hydrogens is 433 g/mol. The lowest BCUT2D eigenvalue weighted by atomic mass is 9.63. The normalized spacial score (nSPS) is 27.7. The Hall–Kier alpha value is -2.16. The van der Waals surface area contributed by atoms with Crippen LogP contribution in [-0.2, 0) is 4.74 Å². The van der Waals surface area contributed by atoms with E-state index >= 15 is 4.39 Å². The van der Waals surface area contributed by atoms with E-state index in [0.717, 1.165) is 28.9 Å². The van der Waals surface area contributed by atoms with Gasteiger partial charge in [0.1, 0.15) is 12.4 Å². The lowest BCUT2D eigenvalue weighted by Crippen LogP contribution is -2.30. The predicted molar refractivity (Wildman–Crippen MR) is 143 cm³/mol. The molecule has 0 amide bonds. The quantitative estimate of drug-likeness (QED) is 0.366. The van der Waals surface area contributed by atoms with Crippen LogP contribution in [0.3, 0.4) is 0 Å². The van der Waals surface area contributed by atoms with Gasteiger partial charge in [-0.15, -0.1) is 0 Å². The van der Waals surface area contributed by atoms with Crippen LogP contribution in [0.25, 0.3) is 11.1 Å². The summed E-state index contributed by atoms with van der Waals surface area (Å²) in [5.74, 6) is 3.81. The lowest BCUT2D eigenvalue weighted by Gasteiger charge is -2.42. The largest absolute Gasteiger partial charge is 0.475 e. The smallest absolute Gasteiger partial charge is 0.216 e. The molecule has 35 heavy (non-hydrogen) atoms. The fourth-order valence-electron chi connectivity index (χ4n) is 6.78. The van der Waals surface area contributed by atoms with Gasteiger partial charge < -0.3 is 4.74 Å². The van der Waals surface area contributed by atoms with E-state index in [1.54, 1.807) is 0 Å². The molecule has 0 spiro atoms. The Labute approximate surface area is 211 Å². The molecular formula is C32H42FNO. The van der Waals surface area contributed by atoms with Crippen LogP contribution in [0.1, 0.15) is 102 Å². The van der Waals surface area contributed by atoms with Crippen LogP contribution in [-0.4, -0.2) is 18.0 Å². The molecule has 0 aromatic heterocycles. The van der Waals surface area contributed by atoms with Crippen LogP contribution in [0.2, 0.25) is 0 Å². The summed E-state index contributed by atoms with van der Waals surface area (Å²) in [6.07, 6.45) is 13.6.